The highest BCUT2D eigenvalue weighted by Crippen LogP contribution is 2.19. The fourth-order valence-electron chi connectivity index (χ4n) is 1.58. The summed E-state index contributed by atoms with van der Waals surface area (Å²) in [6.45, 7) is 14.0. The Labute approximate surface area is 82.3 Å². The topological polar surface area (TPSA) is 20.3 Å². The highest BCUT2D eigenvalue weighted by molar-refractivity contribution is 5.77. The van der Waals surface area contributed by atoms with Crippen molar-refractivity contribution in [3.05, 3.63) is 6.92 Å². The molecule has 0 aliphatic carbocycles. The van der Waals surface area contributed by atoms with Crippen LogP contribution in [0.25, 0.3) is 0 Å². The Hall–Kier alpha value is -0.530. The molecule has 0 fully saturated rings. The smallest absolute Gasteiger partial charge is 0.223 e. The van der Waals surface area contributed by atoms with E-state index < -0.39 is 0 Å². The number of rotatable bonds is 3. The van der Waals surface area contributed by atoms with Crippen LogP contribution in [-0.4, -0.2) is 22.4 Å². The average Bonchev–Trinajstić information content (AvgIpc) is 2.01. The first-order valence-electron chi connectivity index (χ1n) is 4.96. The van der Waals surface area contributed by atoms with Gasteiger partial charge in [-0.15, -0.1) is 0 Å². The lowest BCUT2D eigenvalue weighted by Gasteiger charge is -2.40. The molecule has 0 rings (SSSR count). The molecule has 0 aromatic heterocycles. The highest BCUT2D eigenvalue weighted by atomic mass is 16.2. The zero-order chi connectivity index (χ0) is 10.6. The molecule has 13 heavy (non-hydrogen) atoms. The maximum atomic E-state index is 11.6. The molecule has 0 heterocycles. The first kappa shape index (κ1) is 12.5. The van der Waals surface area contributed by atoms with Gasteiger partial charge in [-0.2, -0.15) is 0 Å². The molecule has 77 valence electrons. The summed E-state index contributed by atoms with van der Waals surface area (Å²) in [6, 6.07) is 0.300. The monoisotopic (exact) mass is 184 g/mol. The van der Waals surface area contributed by atoms with Crippen molar-refractivity contribution >= 4 is 5.91 Å². The van der Waals surface area contributed by atoms with Gasteiger partial charge in [0.1, 0.15) is 0 Å². The minimum Gasteiger partial charge on any atom is -0.335 e. The second-order valence-corrected chi connectivity index (χ2v) is 4.44. The van der Waals surface area contributed by atoms with Crippen molar-refractivity contribution in [2.45, 2.75) is 59.0 Å². The molecule has 0 aliphatic rings. The van der Waals surface area contributed by atoms with Gasteiger partial charge in [0, 0.05) is 18.0 Å². The Kier molecular flexibility index (Phi) is 4.45. The lowest BCUT2D eigenvalue weighted by atomic mass is 10.0. The van der Waals surface area contributed by atoms with E-state index >= 15 is 0 Å². The number of carbonyl (C=O) groups excluding carboxylic acids is 1. The van der Waals surface area contributed by atoms with E-state index in [1.165, 1.54) is 0 Å². The highest BCUT2D eigenvalue weighted by Gasteiger charge is 2.28. The van der Waals surface area contributed by atoms with E-state index in [4.69, 9.17) is 0 Å². The van der Waals surface area contributed by atoms with E-state index in [0.717, 1.165) is 6.42 Å². The van der Waals surface area contributed by atoms with Gasteiger partial charge in [-0.3, -0.25) is 4.79 Å². The average molecular weight is 184 g/mol. The zero-order valence-electron chi connectivity index (χ0n) is 9.55. The van der Waals surface area contributed by atoms with Crippen LogP contribution in [0.5, 0.6) is 0 Å². The molecule has 1 radical (unpaired) electrons. The molecule has 1 atom stereocenters. The zero-order valence-corrected chi connectivity index (χ0v) is 9.55. The first-order valence-corrected chi connectivity index (χ1v) is 4.96. The van der Waals surface area contributed by atoms with Gasteiger partial charge in [-0.25, -0.2) is 0 Å². The van der Waals surface area contributed by atoms with Crippen LogP contribution in [0.1, 0.15) is 47.5 Å². The Bertz CT molecular complexity index is 169. The molecule has 0 N–H and O–H groups in total. The van der Waals surface area contributed by atoms with Crippen molar-refractivity contribution < 1.29 is 4.79 Å². The molecule has 0 spiro atoms. The Morgan fingerprint density at radius 3 is 2.15 bits per heavy atom. The van der Waals surface area contributed by atoms with E-state index in [-0.39, 0.29) is 11.4 Å². The number of carbonyl (C=O) groups is 1. The third kappa shape index (κ3) is 3.37. The van der Waals surface area contributed by atoms with Crippen molar-refractivity contribution in [3.8, 4) is 0 Å². The predicted octanol–water partition coefficient (Wildman–Crippen LogP) is 2.64. The van der Waals surface area contributed by atoms with Gasteiger partial charge in [-0.1, -0.05) is 6.92 Å². The van der Waals surface area contributed by atoms with E-state index in [1.54, 1.807) is 0 Å². The van der Waals surface area contributed by atoms with Crippen LogP contribution in [0.4, 0.5) is 0 Å². The van der Waals surface area contributed by atoms with Crippen LogP contribution in [-0.2, 0) is 4.79 Å². The van der Waals surface area contributed by atoms with Crippen LogP contribution >= 0.6 is 0 Å². The standard InChI is InChI=1S/C11H22NO/c1-7-9(3)12(10(13)8-2)11(4,5)6/h9H,2,7-8H2,1,3-6H3. The van der Waals surface area contributed by atoms with Gasteiger partial charge in [0.2, 0.25) is 5.91 Å². The molecule has 0 aromatic rings. The summed E-state index contributed by atoms with van der Waals surface area (Å²) in [7, 11) is 0. The number of amides is 1. The minimum absolute atomic E-state index is 0.0931. The van der Waals surface area contributed by atoms with Crippen molar-refractivity contribution in [2.24, 2.45) is 0 Å². The molecule has 1 unspecified atom stereocenters. The second kappa shape index (κ2) is 4.64. The van der Waals surface area contributed by atoms with Gasteiger partial charge in [0.25, 0.3) is 0 Å². The normalized spacial score (nSPS) is 14.0. The summed E-state index contributed by atoms with van der Waals surface area (Å²) >= 11 is 0. The third-order valence-corrected chi connectivity index (χ3v) is 2.24. The van der Waals surface area contributed by atoms with Crippen LogP contribution in [0.3, 0.4) is 0 Å². The number of hydrogen-bond donors (Lipinski definition) is 0. The molecule has 0 aliphatic heterocycles. The summed E-state index contributed by atoms with van der Waals surface area (Å²) in [5.41, 5.74) is -0.0931. The van der Waals surface area contributed by atoms with Crippen LogP contribution in [0.2, 0.25) is 0 Å². The molecule has 1 amide bonds. The van der Waals surface area contributed by atoms with Gasteiger partial charge in [0.05, 0.1) is 0 Å². The molecular weight excluding hydrogens is 162 g/mol. The SMILES string of the molecule is [CH2]CC(=O)N(C(C)CC)C(C)(C)C. The van der Waals surface area contributed by atoms with Crippen molar-refractivity contribution in [2.75, 3.05) is 0 Å². The Morgan fingerprint density at radius 1 is 1.46 bits per heavy atom. The summed E-state index contributed by atoms with van der Waals surface area (Å²) in [6.07, 6.45) is 1.34. The maximum Gasteiger partial charge on any atom is 0.223 e. The molecule has 0 saturated carbocycles. The molecule has 2 heteroatoms. The van der Waals surface area contributed by atoms with Gasteiger partial charge >= 0.3 is 0 Å². The molecule has 2 nitrogen and oxygen atoms in total. The molecule has 0 saturated heterocycles. The Morgan fingerprint density at radius 2 is 1.92 bits per heavy atom. The van der Waals surface area contributed by atoms with Crippen LogP contribution < -0.4 is 0 Å². The van der Waals surface area contributed by atoms with Crippen LogP contribution in [0, 0.1) is 6.92 Å². The predicted molar refractivity (Wildman–Crippen MR) is 56.3 cm³/mol. The third-order valence-electron chi connectivity index (χ3n) is 2.24. The van der Waals surface area contributed by atoms with Gasteiger partial charge < -0.3 is 4.90 Å². The summed E-state index contributed by atoms with van der Waals surface area (Å²) < 4.78 is 0. The lowest BCUT2D eigenvalue weighted by molar-refractivity contribution is -0.137. The summed E-state index contributed by atoms with van der Waals surface area (Å²) in [5.74, 6) is 0.141. The largest absolute Gasteiger partial charge is 0.335 e. The van der Waals surface area contributed by atoms with E-state index in [9.17, 15) is 4.79 Å². The van der Waals surface area contributed by atoms with Gasteiger partial charge in [0.15, 0.2) is 0 Å². The minimum atomic E-state index is -0.0931. The van der Waals surface area contributed by atoms with Crippen LogP contribution in [0.15, 0.2) is 0 Å². The van der Waals surface area contributed by atoms with Crippen molar-refractivity contribution in [1.29, 1.82) is 0 Å². The van der Waals surface area contributed by atoms with E-state index in [1.807, 2.05) is 4.90 Å². The second-order valence-electron chi connectivity index (χ2n) is 4.44. The van der Waals surface area contributed by atoms with Crippen molar-refractivity contribution in [1.82, 2.24) is 4.90 Å². The fraction of sp³-hybridized carbons (Fsp3) is 0.818. The first-order chi connectivity index (χ1) is 5.84. The van der Waals surface area contributed by atoms with Gasteiger partial charge in [-0.05, 0) is 41.0 Å². The summed E-state index contributed by atoms with van der Waals surface area (Å²) in [5, 5.41) is 0. The Balaban J connectivity index is 4.65. The maximum absolute atomic E-state index is 11.6. The number of hydrogen-bond acceptors (Lipinski definition) is 1. The molecule has 0 aromatic carbocycles. The van der Waals surface area contributed by atoms with E-state index in [2.05, 4.69) is 41.5 Å². The quantitative estimate of drug-likeness (QED) is 0.660. The fourth-order valence-corrected chi connectivity index (χ4v) is 1.58. The summed E-state index contributed by atoms with van der Waals surface area (Å²) in [4.78, 5) is 13.6. The molecule has 0 bridgehead atoms. The lowest BCUT2D eigenvalue weighted by Crippen LogP contribution is -2.50. The number of nitrogens with zero attached hydrogens (tertiary/aromatic N) is 1. The molecular formula is C11H22NO. The van der Waals surface area contributed by atoms with E-state index in [0.29, 0.717) is 12.5 Å². The van der Waals surface area contributed by atoms with Crippen molar-refractivity contribution in [3.63, 3.8) is 0 Å².